The molecule has 0 bridgehead atoms. The summed E-state index contributed by atoms with van der Waals surface area (Å²) in [5.41, 5.74) is -0.421. The molecule has 0 fully saturated rings. The summed E-state index contributed by atoms with van der Waals surface area (Å²) in [7, 11) is -2.69. The number of carbonyl (C=O) groups is 1. The zero-order chi connectivity index (χ0) is 23.2. The van der Waals surface area contributed by atoms with E-state index in [-0.39, 0.29) is 24.0 Å². The number of nitrogens with zero attached hydrogens (tertiary/aromatic N) is 2. The molecule has 0 saturated heterocycles. The number of sulfonamides is 1. The molecule has 3 rings (SSSR count). The van der Waals surface area contributed by atoms with Crippen LogP contribution in [0.5, 0.6) is 0 Å². The monoisotopic (exact) mass is 458 g/mol. The number of hydrogen-bond donors (Lipinski definition) is 0. The number of benzene rings is 2. The predicted octanol–water partition coefficient (Wildman–Crippen LogP) is 3.83. The van der Waals surface area contributed by atoms with E-state index < -0.39 is 26.0 Å². The van der Waals surface area contributed by atoms with Gasteiger partial charge >= 0.3 is 5.97 Å². The lowest BCUT2D eigenvalue weighted by Gasteiger charge is -2.32. The van der Waals surface area contributed by atoms with Crippen LogP contribution in [0.2, 0.25) is 0 Å². The van der Waals surface area contributed by atoms with Crippen molar-refractivity contribution >= 4 is 21.7 Å². The summed E-state index contributed by atoms with van der Waals surface area (Å²) in [6, 6.07) is 14.8. The molecule has 2 aromatic rings. The van der Waals surface area contributed by atoms with Crippen molar-refractivity contribution in [1.82, 2.24) is 4.31 Å². The highest BCUT2D eigenvalue weighted by molar-refractivity contribution is 7.89. The molecule has 1 unspecified atom stereocenters. The molecule has 32 heavy (non-hydrogen) atoms. The number of nitro benzene ring substituents is 1. The van der Waals surface area contributed by atoms with Gasteiger partial charge in [-0.2, -0.15) is 4.31 Å². The molecular weight excluding hydrogens is 432 g/mol. The molecule has 0 spiro atoms. The Morgan fingerprint density at radius 1 is 1.06 bits per heavy atom. The third-order valence-corrected chi connectivity index (χ3v) is 7.70. The van der Waals surface area contributed by atoms with Crippen LogP contribution in [0.3, 0.4) is 0 Å². The van der Waals surface area contributed by atoms with Gasteiger partial charge in [0, 0.05) is 19.2 Å². The topological polar surface area (TPSA) is 107 Å². The zero-order valence-corrected chi connectivity index (χ0v) is 18.7. The lowest BCUT2D eigenvalue weighted by molar-refractivity contribution is -0.387. The van der Waals surface area contributed by atoms with E-state index in [1.54, 1.807) is 12.2 Å². The maximum Gasteiger partial charge on any atom is 0.316 e. The molecule has 2 aromatic carbocycles. The van der Waals surface area contributed by atoms with Gasteiger partial charge < -0.3 is 4.74 Å². The van der Waals surface area contributed by atoms with Crippen molar-refractivity contribution in [1.29, 1.82) is 0 Å². The number of allylic oxidation sites excluding steroid dienone is 1. The molecule has 1 aliphatic heterocycles. The highest BCUT2D eigenvalue weighted by atomic mass is 32.2. The summed E-state index contributed by atoms with van der Waals surface area (Å²) in [5.74, 6) is -0.321. The predicted molar refractivity (Wildman–Crippen MR) is 120 cm³/mol. The van der Waals surface area contributed by atoms with Crippen LogP contribution in [0.4, 0.5) is 5.69 Å². The van der Waals surface area contributed by atoms with Crippen molar-refractivity contribution in [2.45, 2.75) is 36.0 Å². The average Bonchev–Trinajstić information content (AvgIpc) is 2.82. The summed E-state index contributed by atoms with van der Waals surface area (Å²) in [6.45, 7) is 0.241. The molecule has 0 radical (unpaired) electrons. The second-order valence-electron chi connectivity index (χ2n) is 7.66. The summed E-state index contributed by atoms with van der Waals surface area (Å²) in [4.78, 5) is 23.2. The van der Waals surface area contributed by atoms with Crippen LogP contribution in [0.1, 0.15) is 31.2 Å². The van der Waals surface area contributed by atoms with E-state index in [2.05, 4.69) is 0 Å². The maximum absolute atomic E-state index is 13.2. The quantitative estimate of drug-likeness (QED) is 0.292. The Morgan fingerprint density at radius 2 is 1.75 bits per heavy atom. The lowest BCUT2D eigenvalue weighted by atomic mass is 9.73. The third kappa shape index (κ3) is 4.73. The average molecular weight is 459 g/mol. The number of ether oxygens (including phenoxy) is 1. The Bertz CT molecular complexity index is 1100. The Kier molecular flexibility index (Phi) is 7.42. The van der Waals surface area contributed by atoms with Crippen LogP contribution in [0.15, 0.2) is 71.6 Å². The molecule has 170 valence electrons. The number of carbonyl (C=O) groups excluding carboxylic acids is 1. The minimum atomic E-state index is -4.06. The molecule has 9 heteroatoms. The van der Waals surface area contributed by atoms with E-state index in [0.717, 1.165) is 5.56 Å². The highest BCUT2D eigenvalue weighted by Crippen LogP contribution is 2.36. The Morgan fingerprint density at radius 3 is 2.44 bits per heavy atom. The summed E-state index contributed by atoms with van der Waals surface area (Å²) in [6.07, 6.45) is 5.42. The zero-order valence-electron chi connectivity index (χ0n) is 17.8. The van der Waals surface area contributed by atoms with Gasteiger partial charge in [-0.3, -0.25) is 14.9 Å². The van der Waals surface area contributed by atoms with Gasteiger partial charge in [-0.05, 0) is 30.9 Å². The van der Waals surface area contributed by atoms with Crippen molar-refractivity contribution in [3.05, 3.63) is 82.4 Å². The van der Waals surface area contributed by atoms with Crippen molar-refractivity contribution in [2.24, 2.45) is 0 Å². The first-order chi connectivity index (χ1) is 15.3. The van der Waals surface area contributed by atoms with E-state index in [0.29, 0.717) is 25.7 Å². The molecule has 0 aromatic heterocycles. The smallest absolute Gasteiger partial charge is 0.316 e. The number of rotatable bonds is 5. The van der Waals surface area contributed by atoms with E-state index in [9.17, 15) is 23.3 Å². The fraction of sp³-hybridized carbons (Fsp3) is 0.348. The standard InChI is InChI=1S/C23H26N2O6S/c1-31-22(26)23(19-11-3-2-4-12-19)15-7-9-17-24(18-10-8-16-23)32(29,30)21-14-6-5-13-20(21)25(27)28/h2-7,9,11-14H,8,10,15-18H2,1H3/b9-7+. The SMILES string of the molecule is COC(=O)C1(c2ccccc2)C/C=C/CN(S(=O)(=O)c2ccccc2[N+](=O)[O-])CCCC1. The van der Waals surface area contributed by atoms with Crippen LogP contribution in [0.25, 0.3) is 0 Å². The van der Waals surface area contributed by atoms with Crippen molar-refractivity contribution in [3.8, 4) is 0 Å². The first-order valence-electron chi connectivity index (χ1n) is 10.4. The Labute approximate surface area is 187 Å². The molecule has 0 amide bonds. The first kappa shape index (κ1) is 23.6. The first-order valence-corrected chi connectivity index (χ1v) is 11.8. The number of para-hydroxylation sites is 1. The van der Waals surface area contributed by atoms with Crippen molar-refractivity contribution in [2.75, 3.05) is 20.2 Å². The van der Waals surface area contributed by atoms with Gasteiger partial charge in [-0.15, -0.1) is 0 Å². The van der Waals surface area contributed by atoms with E-state index in [1.807, 2.05) is 30.3 Å². The van der Waals surface area contributed by atoms with E-state index >= 15 is 0 Å². The third-order valence-electron chi connectivity index (χ3n) is 5.79. The molecule has 1 atom stereocenters. The molecule has 1 heterocycles. The fourth-order valence-electron chi connectivity index (χ4n) is 4.09. The van der Waals surface area contributed by atoms with Gasteiger partial charge in [0.15, 0.2) is 4.90 Å². The molecule has 0 aliphatic carbocycles. The summed E-state index contributed by atoms with van der Waals surface area (Å²) >= 11 is 0. The van der Waals surface area contributed by atoms with Crippen LogP contribution < -0.4 is 0 Å². The van der Waals surface area contributed by atoms with Crippen LogP contribution >= 0.6 is 0 Å². The number of nitro groups is 1. The largest absolute Gasteiger partial charge is 0.468 e. The second kappa shape index (κ2) is 10.1. The van der Waals surface area contributed by atoms with E-state index in [4.69, 9.17) is 4.74 Å². The second-order valence-corrected chi connectivity index (χ2v) is 9.57. The van der Waals surface area contributed by atoms with Gasteiger partial charge in [0.05, 0.1) is 17.4 Å². The molecule has 0 saturated carbocycles. The summed E-state index contributed by atoms with van der Waals surface area (Å²) < 4.78 is 32.8. The Balaban J connectivity index is 1.91. The van der Waals surface area contributed by atoms with Gasteiger partial charge in [-0.1, -0.05) is 61.0 Å². The minimum Gasteiger partial charge on any atom is -0.468 e. The normalized spacial score (nSPS) is 21.4. The van der Waals surface area contributed by atoms with Gasteiger partial charge in [-0.25, -0.2) is 8.42 Å². The molecule has 0 N–H and O–H groups in total. The lowest BCUT2D eigenvalue weighted by Crippen LogP contribution is -2.38. The molecular formula is C23H26N2O6S. The van der Waals surface area contributed by atoms with Crippen LogP contribution in [-0.4, -0.2) is 43.8 Å². The van der Waals surface area contributed by atoms with Crippen molar-refractivity contribution in [3.63, 3.8) is 0 Å². The van der Waals surface area contributed by atoms with Crippen molar-refractivity contribution < 1.29 is 22.9 Å². The van der Waals surface area contributed by atoms with Gasteiger partial charge in [0.2, 0.25) is 10.0 Å². The molecule has 8 nitrogen and oxygen atoms in total. The number of esters is 1. The number of hydrogen-bond acceptors (Lipinski definition) is 6. The maximum atomic E-state index is 13.2. The number of methoxy groups -OCH3 is 1. The minimum absolute atomic E-state index is 0.0560. The van der Waals surface area contributed by atoms with Crippen LogP contribution in [0, 0.1) is 10.1 Å². The highest BCUT2D eigenvalue weighted by Gasteiger charge is 2.40. The Hall–Kier alpha value is -3.04. The molecule has 1 aliphatic rings. The van der Waals surface area contributed by atoms with Crippen LogP contribution in [-0.2, 0) is 25.0 Å². The van der Waals surface area contributed by atoms with Gasteiger partial charge in [0.25, 0.3) is 5.69 Å². The van der Waals surface area contributed by atoms with Gasteiger partial charge in [0.1, 0.15) is 0 Å². The van der Waals surface area contributed by atoms with E-state index in [1.165, 1.54) is 35.7 Å². The fourth-order valence-corrected chi connectivity index (χ4v) is 5.67. The summed E-state index contributed by atoms with van der Waals surface area (Å²) in [5, 5.41) is 11.3.